The second-order valence-electron chi connectivity index (χ2n) is 6.79. The molecule has 0 saturated carbocycles. The Kier molecular flexibility index (Phi) is 4.92. The van der Waals surface area contributed by atoms with Gasteiger partial charge in [-0.05, 0) is 34.5 Å². The molecule has 0 spiro atoms. The number of nitrogens with zero attached hydrogens (tertiary/aromatic N) is 1. The summed E-state index contributed by atoms with van der Waals surface area (Å²) < 4.78 is 33.5. The number of thiophene rings is 1. The molecule has 2 aromatic rings. The van der Waals surface area contributed by atoms with Gasteiger partial charge in [-0.3, -0.25) is 4.90 Å². The summed E-state index contributed by atoms with van der Waals surface area (Å²) in [6.07, 6.45) is 0.227. The van der Waals surface area contributed by atoms with Crippen molar-refractivity contribution in [1.82, 2.24) is 9.62 Å². The number of benzene rings is 1. The van der Waals surface area contributed by atoms with E-state index >= 15 is 0 Å². The van der Waals surface area contributed by atoms with Crippen LogP contribution in [0.5, 0.6) is 0 Å². The van der Waals surface area contributed by atoms with Crippen LogP contribution in [0.1, 0.15) is 5.56 Å². The largest absolute Gasteiger partial charge is 0.376 e. The van der Waals surface area contributed by atoms with E-state index in [1.54, 1.807) is 35.6 Å². The van der Waals surface area contributed by atoms with Gasteiger partial charge in [-0.1, -0.05) is 18.2 Å². The summed E-state index contributed by atoms with van der Waals surface area (Å²) in [5, 5.41) is 4.28. The van der Waals surface area contributed by atoms with E-state index in [1.165, 1.54) is 5.56 Å². The zero-order valence-electron chi connectivity index (χ0n) is 13.9. The minimum atomic E-state index is -3.45. The van der Waals surface area contributed by atoms with Crippen LogP contribution in [0.4, 0.5) is 0 Å². The fourth-order valence-electron chi connectivity index (χ4n) is 3.76. The number of rotatable bonds is 6. The van der Waals surface area contributed by atoms with Gasteiger partial charge in [0.15, 0.2) is 0 Å². The Morgan fingerprint density at radius 2 is 2.04 bits per heavy atom. The Morgan fingerprint density at radius 1 is 1.20 bits per heavy atom. The third-order valence-corrected chi connectivity index (χ3v) is 7.26. The highest BCUT2D eigenvalue weighted by Crippen LogP contribution is 2.34. The highest BCUT2D eigenvalue weighted by Gasteiger charge is 2.43. The lowest BCUT2D eigenvalue weighted by atomic mass is 9.93. The summed E-state index contributed by atoms with van der Waals surface area (Å²) in [5.41, 5.74) is 1.34. The van der Waals surface area contributed by atoms with E-state index in [0.717, 1.165) is 19.6 Å². The summed E-state index contributed by atoms with van der Waals surface area (Å²) in [6.45, 7) is 3.92. The molecular formula is C18H22N2O3S2. The summed E-state index contributed by atoms with van der Waals surface area (Å²) in [7, 11) is -3.45. The van der Waals surface area contributed by atoms with Crippen molar-refractivity contribution in [2.24, 2.45) is 11.8 Å². The van der Waals surface area contributed by atoms with Crippen molar-refractivity contribution in [1.29, 1.82) is 0 Å². The maximum absolute atomic E-state index is 12.4. The maximum Gasteiger partial charge on any atom is 0.240 e. The van der Waals surface area contributed by atoms with Crippen LogP contribution in [0.3, 0.4) is 0 Å². The van der Waals surface area contributed by atoms with Gasteiger partial charge in [-0.15, -0.1) is 0 Å². The SMILES string of the molecule is O=S(=O)(NC[C@@H]1CO[C@@H]2CN(Cc3ccsc3)C[C@H]12)c1ccccc1. The summed E-state index contributed by atoms with van der Waals surface area (Å²) in [5.74, 6) is 0.632. The molecule has 0 bridgehead atoms. The molecule has 1 N–H and O–H groups in total. The first kappa shape index (κ1) is 17.2. The molecule has 1 aromatic heterocycles. The Hall–Kier alpha value is -1.25. The molecule has 2 fully saturated rings. The quantitative estimate of drug-likeness (QED) is 0.837. The van der Waals surface area contributed by atoms with Crippen LogP contribution in [0.25, 0.3) is 0 Å². The zero-order valence-corrected chi connectivity index (χ0v) is 15.5. The second-order valence-corrected chi connectivity index (χ2v) is 9.33. The van der Waals surface area contributed by atoms with Gasteiger partial charge in [-0.25, -0.2) is 13.1 Å². The van der Waals surface area contributed by atoms with Crippen LogP contribution in [-0.2, 0) is 21.3 Å². The molecule has 0 aliphatic carbocycles. The van der Waals surface area contributed by atoms with Gasteiger partial charge in [0.25, 0.3) is 0 Å². The molecule has 2 aliphatic heterocycles. The summed E-state index contributed by atoms with van der Waals surface area (Å²) >= 11 is 1.72. The first-order chi connectivity index (χ1) is 12.1. The molecule has 0 unspecified atom stereocenters. The van der Waals surface area contributed by atoms with Crippen molar-refractivity contribution in [3.63, 3.8) is 0 Å². The molecule has 5 nitrogen and oxygen atoms in total. The van der Waals surface area contributed by atoms with Crippen LogP contribution < -0.4 is 4.72 Å². The van der Waals surface area contributed by atoms with Gasteiger partial charge < -0.3 is 4.74 Å². The molecule has 3 atom stereocenters. The highest BCUT2D eigenvalue weighted by atomic mass is 32.2. The molecule has 0 amide bonds. The molecule has 4 rings (SSSR count). The molecule has 134 valence electrons. The average molecular weight is 379 g/mol. The first-order valence-corrected chi connectivity index (χ1v) is 10.9. The number of nitrogens with one attached hydrogen (secondary N) is 1. The Bertz CT molecular complexity index is 793. The van der Waals surface area contributed by atoms with E-state index in [1.807, 2.05) is 6.07 Å². The normalized spacial score (nSPS) is 26.8. The van der Waals surface area contributed by atoms with Crippen LogP contribution in [-0.4, -0.2) is 45.7 Å². The first-order valence-electron chi connectivity index (χ1n) is 8.51. The van der Waals surface area contributed by atoms with Crippen LogP contribution in [0, 0.1) is 11.8 Å². The van der Waals surface area contributed by atoms with E-state index in [0.29, 0.717) is 24.0 Å². The van der Waals surface area contributed by atoms with Crippen LogP contribution in [0.2, 0.25) is 0 Å². The van der Waals surface area contributed by atoms with Crippen molar-refractivity contribution in [2.45, 2.75) is 17.5 Å². The van der Waals surface area contributed by atoms with Gasteiger partial charge in [0, 0.05) is 38.0 Å². The van der Waals surface area contributed by atoms with Crippen molar-refractivity contribution in [3.05, 3.63) is 52.7 Å². The Labute approximate surface area is 152 Å². The molecule has 3 heterocycles. The number of fused-ring (bicyclic) bond motifs is 1. The van der Waals surface area contributed by atoms with Gasteiger partial charge >= 0.3 is 0 Å². The van der Waals surface area contributed by atoms with Crippen LogP contribution >= 0.6 is 11.3 Å². The molecule has 25 heavy (non-hydrogen) atoms. The molecule has 2 aliphatic rings. The summed E-state index contributed by atoms with van der Waals surface area (Å²) in [6, 6.07) is 10.7. The Balaban J connectivity index is 1.35. The third-order valence-electron chi connectivity index (χ3n) is 5.09. The average Bonchev–Trinajstić information content (AvgIpc) is 3.32. The minimum absolute atomic E-state index is 0.227. The standard InChI is InChI=1S/C18H22N2O3S2/c21-25(22,16-4-2-1-3-5-16)19-8-15-12-23-18-11-20(10-17(15)18)9-14-6-7-24-13-14/h1-7,13,15,17-19H,8-12H2/t15-,17-,18-/m1/s1. The molecule has 0 radical (unpaired) electrons. The third kappa shape index (κ3) is 3.80. The van der Waals surface area contributed by atoms with Crippen molar-refractivity contribution in [2.75, 3.05) is 26.2 Å². The highest BCUT2D eigenvalue weighted by molar-refractivity contribution is 7.89. The monoisotopic (exact) mass is 378 g/mol. The molecular weight excluding hydrogens is 356 g/mol. The minimum Gasteiger partial charge on any atom is -0.376 e. The molecule has 7 heteroatoms. The molecule has 2 saturated heterocycles. The maximum atomic E-state index is 12.4. The fraction of sp³-hybridized carbons (Fsp3) is 0.444. The number of likely N-dealkylation sites (tertiary alicyclic amines) is 1. The summed E-state index contributed by atoms with van der Waals surface area (Å²) in [4.78, 5) is 2.73. The number of hydrogen-bond acceptors (Lipinski definition) is 5. The fourth-order valence-corrected chi connectivity index (χ4v) is 5.54. The second kappa shape index (κ2) is 7.17. The van der Waals surface area contributed by atoms with Gasteiger partial charge in [0.05, 0.1) is 17.6 Å². The number of sulfonamides is 1. The van der Waals surface area contributed by atoms with E-state index in [4.69, 9.17) is 4.74 Å². The topological polar surface area (TPSA) is 58.6 Å². The number of hydrogen-bond donors (Lipinski definition) is 1. The van der Waals surface area contributed by atoms with Crippen molar-refractivity contribution < 1.29 is 13.2 Å². The van der Waals surface area contributed by atoms with Crippen molar-refractivity contribution in [3.8, 4) is 0 Å². The predicted molar refractivity (Wildman–Crippen MR) is 97.9 cm³/mol. The lowest BCUT2D eigenvalue weighted by Gasteiger charge is -2.19. The van der Waals surface area contributed by atoms with Crippen molar-refractivity contribution >= 4 is 21.4 Å². The smallest absolute Gasteiger partial charge is 0.240 e. The lowest BCUT2D eigenvalue weighted by molar-refractivity contribution is 0.0942. The van der Waals surface area contributed by atoms with Crippen LogP contribution in [0.15, 0.2) is 52.1 Å². The predicted octanol–water partition coefficient (Wildman–Crippen LogP) is 2.17. The number of ether oxygens (including phenoxy) is 1. The van der Waals surface area contributed by atoms with E-state index in [-0.39, 0.29) is 12.0 Å². The van der Waals surface area contributed by atoms with E-state index < -0.39 is 10.0 Å². The van der Waals surface area contributed by atoms with E-state index in [9.17, 15) is 8.42 Å². The van der Waals surface area contributed by atoms with Gasteiger partial charge in [0.1, 0.15) is 0 Å². The lowest BCUT2D eigenvalue weighted by Crippen LogP contribution is -2.34. The van der Waals surface area contributed by atoms with Gasteiger partial charge in [-0.2, -0.15) is 11.3 Å². The van der Waals surface area contributed by atoms with E-state index in [2.05, 4.69) is 26.4 Å². The molecule has 1 aromatic carbocycles. The van der Waals surface area contributed by atoms with Gasteiger partial charge in [0.2, 0.25) is 10.0 Å². The zero-order chi connectivity index (χ0) is 17.3. The Morgan fingerprint density at radius 3 is 2.80 bits per heavy atom.